The van der Waals surface area contributed by atoms with Gasteiger partial charge in [0.2, 0.25) is 0 Å². The van der Waals surface area contributed by atoms with Gasteiger partial charge < -0.3 is 4.74 Å². The van der Waals surface area contributed by atoms with Crippen LogP contribution in [0.1, 0.15) is 5.56 Å². The summed E-state index contributed by atoms with van der Waals surface area (Å²) in [5.74, 6) is -0.264. The first kappa shape index (κ1) is 11.5. The molecule has 0 spiro atoms. The van der Waals surface area contributed by atoms with E-state index in [1.807, 2.05) is 12.1 Å². The Morgan fingerprint density at radius 1 is 1.50 bits per heavy atom. The molecule has 0 heterocycles. The first-order valence-electron chi connectivity index (χ1n) is 4.10. The van der Waals surface area contributed by atoms with Crippen molar-refractivity contribution in [3.05, 3.63) is 34.9 Å². The van der Waals surface area contributed by atoms with E-state index in [-0.39, 0.29) is 10.8 Å². The van der Waals surface area contributed by atoms with Gasteiger partial charge in [0.25, 0.3) is 0 Å². The van der Waals surface area contributed by atoms with E-state index in [0.29, 0.717) is 11.4 Å². The van der Waals surface area contributed by atoms with E-state index in [9.17, 15) is 4.79 Å². The van der Waals surface area contributed by atoms with Gasteiger partial charge in [-0.05, 0) is 24.1 Å². The molecule has 4 heteroatoms. The maximum atomic E-state index is 11.1. The smallest absolute Gasteiger partial charge is 0.319 e. The van der Waals surface area contributed by atoms with Crippen molar-refractivity contribution in [1.82, 2.24) is 0 Å². The van der Waals surface area contributed by atoms with Crippen molar-refractivity contribution in [3.8, 4) is 0 Å². The van der Waals surface area contributed by atoms with Crippen molar-refractivity contribution >= 4 is 33.5 Å². The SMILES string of the molecule is COC(=O)C(Br)Cc1ccc(Cl)cc1. The lowest BCUT2D eigenvalue weighted by Crippen LogP contribution is -2.17. The molecule has 1 aromatic rings. The number of carbonyl (C=O) groups is 1. The van der Waals surface area contributed by atoms with Crippen molar-refractivity contribution in [2.45, 2.75) is 11.2 Å². The van der Waals surface area contributed by atoms with Gasteiger partial charge in [0, 0.05) is 5.02 Å². The zero-order valence-corrected chi connectivity index (χ0v) is 10.0. The van der Waals surface area contributed by atoms with Gasteiger partial charge in [0.05, 0.1) is 7.11 Å². The van der Waals surface area contributed by atoms with Gasteiger partial charge in [-0.1, -0.05) is 39.7 Å². The maximum absolute atomic E-state index is 11.1. The van der Waals surface area contributed by atoms with Crippen molar-refractivity contribution < 1.29 is 9.53 Å². The number of benzene rings is 1. The van der Waals surface area contributed by atoms with Crippen LogP contribution in [0.25, 0.3) is 0 Å². The summed E-state index contributed by atoms with van der Waals surface area (Å²) in [6, 6.07) is 7.38. The van der Waals surface area contributed by atoms with Gasteiger partial charge in [0.15, 0.2) is 0 Å². The summed E-state index contributed by atoms with van der Waals surface area (Å²) in [4.78, 5) is 10.8. The first-order chi connectivity index (χ1) is 6.63. The Balaban J connectivity index is 2.60. The molecule has 1 aromatic carbocycles. The molecule has 0 fully saturated rings. The van der Waals surface area contributed by atoms with E-state index in [1.165, 1.54) is 7.11 Å². The summed E-state index contributed by atoms with van der Waals surface area (Å²) >= 11 is 8.99. The van der Waals surface area contributed by atoms with Crippen molar-refractivity contribution in [1.29, 1.82) is 0 Å². The van der Waals surface area contributed by atoms with Crippen LogP contribution in [-0.2, 0) is 16.0 Å². The highest BCUT2D eigenvalue weighted by Crippen LogP contribution is 2.14. The molecule has 76 valence electrons. The fourth-order valence-corrected chi connectivity index (χ4v) is 1.73. The number of hydrogen-bond acceptors (Lipinski definition) is 2. The highest BCUT2D eigenvalue weighted by molar-refractivity contribution is 9.10. The second-order valence-electron chi connectivity index (χ2n) is 2.82. The number of halogens is 2. The van der Waals surface area contributed by atoms with Crippen LogP contribution in [0, 0.1) is 0 Å². The fraction of sp³-hybridized carbons (Fsp3) is 0.300. The van der Waals surface area contributed by atoms with E-state index in [1.54, 1.807) is 12.1 Å². The predicted octanol–water partition coefficient (Wildman–Crippen LogP) is 2.82. The molecule has 0 bridgehead atoms. The van der Waals surface area contributed by atoms with E-state index in [0.717, 1.165) is 5.56 Å². The van der Waals surface area contributed by atoms with E-state index < -0.39 is 0 Å². The molecule has 0 saturated carbocycles. The van der Waals surface area contributed by atoms with E-state index in [2.05, 4.69) is 20.7 Å². The zero-order valence-electron chi connectivity index (χ0n) is 7.67. The number of hydrogen-bond donors (Lipinski definition) is 0. The standard InChI is InChI=1S/C10H10BrClO2/c1-14-10(13)9(11)6-7-2-4-8(12)5-3-7/h2-5,9H,6H2,1H3. The average Bonchev–Trinajstić information content (AvgIpc) is 2.20. The van der Waals surface area contributed by atoms with Crippen LogP contribution in [0.4, 0.5) is 0 Å². The molecule has 0 aliphatic heterocycles. The maximum Gasteiger partial charge on any atom is 0.319 e. The van der Waals surface area contributed by atoms with Crippen LogP contribution < -0.4 is 0 Å². The number of methoxy groups -OCH3 is 1. The highest BCUT2D eigenvalue weighted by Gasteiger charge is 2.15. The van der Waals surface area contributed by atoms with Gasteiger partial charge in [0.1, 0.15) is 4.83 Å². The monoisotopic (exact) mass is 276 g/mol. The van der Waals surface area contributed by atoms with Gasteiger partial charge in [-0.3, -0.25) is 4.79 Å². The predicted molar refractivity (Wildman–Crippen MR) is 59.9 cm³/mol. The van der Waals surface area contributed by atoms with Crippen LogP contribution in [0.2, 0.25) is 5.02 Å². The summed E-state index contributed by atoms with van der Waals surface area (Å²) in [5, 5.41) is 0.693. The Kier molecular flexibility index (Phi) is 4.42. The topological polar surface area (TPSA) is 26.3 Å². The molecule has 1 atom stereocenters. The Morgan fingerprint density at radius 2 is 2.07 bits per heavy atom. The van der Waals surface area contributed by atoms with E-state index in [4.69, 9.17) is 11.6 Å². The molecule has 1 rings (SSSR count). The lowest BCUT2D eigenvalue weighted by molar-refractivity contribution is -0.139. The van der Waals surface area contributed by atoms with Crippen LogP contribution in [-0.4, -0.2) is 17.9 Å². The largest absolute Gasteiger partial charge is 0.468 e. The zero-order chi connectivity index (χ0) is 10.6. The first-order valence-corrected chi connectivity index (χ1v) is 5.39. The quantitative estimate of drug-likeness (QED) is 0.627. The second-order valence-corrected chi connectivity index (χ2v) is 4.36. The van der Waals surface area contributed by atoms with Crippen LogP contribution in [0.3, 0.4) is 0 Å². The number of alkyl halides is 1. The molecular formula is C10H10BrClO2. The van der Waals surface area contributed by atoms with Gasteiger partial charge in [-0.25, -0.2) is 0 Å². The molecule has 0 aromatic heterocycles. The van der Waals surface area contributed by atoms with Crippen LogP contribution in [0.15, 0.2) is 24.3 Å². The summed E-state index contributed by atoms with van der Waals surface area (Å²) in [7, 11) is 1.37. The fourth-order valence-electron chi connectivity index (χ4n) is 1.04. The Morgan fingerprint density at radius 3 is 2.57 bits per heavy atom. The number of rotatable bonds is 3. The van der Waals surface area contributed by atoms with Gasteiger partial charge in [-0.2, -0.15) is 0 Å². The average molecular weight is 278 g/mol. The normalized spacial score (nSPS) is 12.2. The minimum absolute atomic E-state index is 0.264. The third-order valence-corrected chi connectivity index (χ3v) is 2.73. The molecule has 14 heavy (non-hydrogen) atoms. The van der Waals surface area contributed by atoms with Crippen LogP contribution in [0.5, 0.6) is 0 Å². The molecular weight excluding hydrogens is 267 g/mol. The summed E-state index contributed by atoms with van der Waals surface area (Å²) in [6.07, 6.45) is 0.601. The lowest BCUT2D eigenvalue weighted by atomic mass is 10.1. The van der Waals surface area contributed by atoms with Crippen LogP contribution >= 0.6 is 27.5 Å². The molecule has 2 nitrogen and oxygen atoms in total. The number of esters is 1. The third kappa shape index (κ3) is 3.31. The summed E-state index contributed by atoms with van der Waals surface area (Å²) < 4.78 is 4.60. The molecule has 0 radical (unpaired) electrons. The molecule has 0 saturated heterocycles. The summed E-state index contributed by atoms with van der Waals surface area (Å²) in [5.41, 5.74) is 1.04. The number of carbonyl (C=O) groups excluding carboxylic acids is 1. The second kappa shape index (κ2) is 5.37. The summed E-state index contributed by atoms with van der Waals surface area (Å²) in [6.45, 7) is 0. The van der Waals surface area contributed by atoms with Crippen molar-refractivity contribution in [2.75, 3.05) is 7.11 Å². The molecule has 0 aliphatic rings. The molecule has 0 aliphatic carbocycles. The van der Waals surface area contributed by atoms with Crippen molar-refractivity contribution in [3.63, 3.8) is 0 Å². The minimum atomic E-state index is -0.298. The van der Waals surface area contributed by atoms with Crippen molar-refractivity contribution in [2.24, 2.45) is 0 Å². The van der Waals surface area contributed by atoms with Gasteiger partial charge >= 0.3 is 5.97 Å². The third-order valence-electron chi connectivity index (χ3n) is 1.79. The van der Waals surface area contributed by atoms with Gasteiger partial charge in [-0.15, -0.1) is 0 Å². The molecule has 1 unspecified atom stereocenters. The lowest BCUT2D eigenvalue weighted by Gasteiger charge is -2.07. The Hall–Kier alpha value is -0.540. The Labute approximate surface area is 96.3 Å². The molecule has 0 amide bonds. The number of ether oxygens (including phenoxy) is 1. The highest BCUT2D eigenvalue weighted by atomic mass is 79.9. The molecule has 0 N–H and O–H groups in total. The Bertz CT molecular complexity index is 310. The van der Waals surface area contributed by atoms with E-state index >= 15 is 0 Å². The minimum Gasteiger partial charge on any atom is -0.468 e.